The Hall–Kier alpha value is -2.95. The molecule has 0 amide bonds. The average molecular weight is 306 g/mol. The maximum Gasteiger partial charge on any atom is 0.234 e. The minimum atomic E-state index is -0.379. The van der Waals surface area contributed by atoms with Gasteiger partial charge in [0.1, 0.15) is 6.67 Å². The van der Waals surface area contributed by atoms with Crippen LogP contribution in [0.25, 0.3) is 27.9 Å². The van der Waals surface area contributed by atoms with E-state index >= 15 is 0 Å². The Morgan fingerprint density at radius 3 is 2.65 bits per heavy atom. The summed E-state index contributed by atoms with van der Waals surface area (Å²) in [6, 6.07) is 15.9. The number of benzene rings is 2. The molecular formula is C18H15FN4. The van der Waals surface area contributed by atoms with Crippen molar-refractivity contribution in [2.24, 2.45) is 0 Å². The Bertz CT molecular complexity index is 960. The first kappa shape index (κ1) is 13.7. The van der Waals surface area contributed by atoms with Crippen molar-refractivity contribution in [1.29, 1.82) is 0 Å². The second-order valence-corrected chi connectivity index (χ2v) is 5.31. The third kappa shape index (κ3) is 2.50. The van der Waals surface area contributed by atoms with Crippen molar-refractivity contribution < 1.29 is 4.39 Å². The molecule has 0 aliphatic heterocycles. The van der Waals surface area contributed by atoms with E-state index in [1.54, 1.807) is 0 Å². The molecule has 23 heavy (non-hydrogen) atoms. The summed E-state index contributed by atoms with van der Waals surface area (Å²) in [6.45, 7) is -0.0517. The van der Waals surface area contributed by atoms with Gasteiger partial charge in [0.05, 0.1) is 11.0 Å². The van der Waals surface area contributed by atoms with Crippen LogP contribution < -0.4 is 5.32 Å². The Kier molecular flexibility index (Phi) is 3.38. The van der Waals surface area contributed by atoms with Gasteiger partial charge in [-0.15, -0.1) is 0 Å². The Balaban J connectivity index is 1.75. The molecular weight excluding hydrogens is 291 g/mol. The van der Waals surface area contributed by atoms with Crippen LogP contribution in [-0.4, -0.2) is 27.6 Å². The standard InChI is InChI=1S/C18H15FN4/c19-9-10-20-15-7-5-13(6-8-15)14-11-21-18-22-16-3-1-2-4-17(16)23(18)12-14/h1-8,11-12,20H,9-10H2. The number of hydrogen-bond donors (Lipinski definition) is 1. The summed E-state index contributed by atoms with van der Waals surface area (Å²) in [5, 5.41) is 3.02. The number of nitrogens with one attached hydrogen (secondary N) is 1. The van der Waals surface area contributed by atoms with E-state index in [0.717, 1.165) is 27.8 Å². The lowest BCUT2D eigenvalue weighted by molar-refractivity contribution is 0.513. The Morgan fingerprint density at radius 1 is 1.00 bits per heavy atom. The molecule has 114 valence electrons. The third-order valence-electron chi connectivity index (χ3n) is 3.81. The normalized spacial score (nSPS) is 11.2. The van der Waals surface area contributed by atoms with Gasteiger partial charge in [0, 0.05) is 30.2 Å². The van der Waals surface area contributed by atoms with Crippen LogP contribution in [0.3, 0.4) is 0 Å². The first-order valence-electron chi connectivity index (χ1n) is 7.48. The minimum absolute atomic E-state index is 0.327. The second-order valence-electron chi connectivity index (χ2n) is 5.31. The van der Waals surface area contributed by atoms with Crippen molar-refractivity contribution in [2.45, 2.75) is 0 Å². The summed E-state index contributed by atoms with van der Waals surface area (Å²) in [4.78, 5) is 8.96. The maximum atomic E-state index is 12.2. The van der Waals surface area contributed by atoms with E-state index < -0.39 is 0 Å². The number of nitrogens with zero attached hydrogens (tertiary/aromatic N) is 3. The zero-order valence-electron chi connectivity index (χ0n) is 12.4. The number of imidazole rings is 1. The largest absolute Gasteiger partial charge is 0.382 e. The summed E-state index contributed by atoms with van der Waals surface area (Å²) >= 11 is 0. The van der Waals surface area contributed by atoms with Crippen molar-refractivity contribution in [3.05, 3.63) is 60.9 Å². The number of aromatic nitrogens is 3. The lowest BCUT2D eigenvalue weighted by atomic mass is 10.1. The van der Waals surface area contributed by atoms with Crippen LogP contribution in [0.5, 0.6) is 0 Å². The van der Waals surface area contributed by atoms with Gasteiger partial charge in [-0.25, -0.2) is 14.4 Å². The first-order chi connectivity index (χ1) is 11.3. The summed E-state index contributed by atoms with van der Waals surface area (Å²) < 4.78 is 14.2. The van der Waals surface area contributed by atoms with Gasteiger partial charge in [-0.05, 0) is 29.8 Å². The van der Waals surface area contributed by atoms with E-state index in [1.807, 2.05) is 65.3 Å². The molecule has 4 aromatic rings. The molecule has 2 aromatic carbocycles. The molecule has 0 radical (unpaired) electrons. The highest BCUT2D eigenvalue weighted by atomic mass is 19.1. The summed E-state index contributed by atoms with van der Waals surface area (Å²) in [5.41, 5.74) is 4.95. The predicted octanol–water partition coefficient (Wildman–Crippen LogP) is 3.93. The number of hydrogen-bond acceptors (Lipinski definition) is 3. The molecule has 0 bridgehead atoms. The van der Waals surface area contributed by atoms with Crippen molar-refractivity contribution in [1.82, 2.24) is 14.4 Å². The van der Waals surface area contributed by atoms with Gasteiger partial charge >= 0.3 is 0 Å². The number of para-hydroxylation sites is 2. The zero-order valence-corrected chi connectivity index (χ0v) is 12.4. The highest BCUT2D eigenvalue weighted by molar-refractivity contribution is 5.80. The van der Waals surface area contributed by atoms with Crippen LogP contribution in [-0.2, 0) is 0 Å². The van der Waals surface area contributed by atoms with Crippen LogP contribution in [0.2, 0.25) is 0 Å². The van der Waals surface area contributed by atoms with Crippen molar-refractivity contribution in [3.8, 4) is 11.1 Å². The molecule has 0 fully saturated rings. The molecule has 4 rings (SSSR count). The fourth-order valence-electron chi connectivity index (χ4n) is 2.67. The molecule has 2 aromatic heterocycles. The molecule has 0 saturated heterocycles. The van der Waals surface area contributed by atoms with Crippen LogP contribution in [0.15, 0.2) is 60.9 Å². The lowest BCUT2D eigenvalue weighted by Crippen LogP contribution is -2.02. The summed E-state index contributed by atoms with van der Waals surface area (Å²) in [6.07, 6.45) is 3.87. The molecule has 0 unspecified atom stereocenters. The van der Waals surface area contributed by atoms with Crippen molar-refractivity contribution in [3.63, 3.8) is 0 Å². The number of alkyl halides is 1. The van der Waals surface area contributed by atoms with Crippen LogP contribution in [0.4, 0.5) is 10.1 Å². The van der Waals surface area contributed by atoms with Gasteiger partial charge in [-0.1, -0.05) is 24.3 Å². The SMILES string of the molecule is FCCNc1ccc(-c2cnc3nc4ccccc4n3c2)cc1. The fraction of sp³-hybridized carbons (Fsp3) is 0.111. The second kappa shape index (κ2) is 5.68. The highest BCUT2D eigenvalue weighted by Crippen LogP contribution is 2.23. The molecule has 0 saturated carbocycles. The molecule has 5 heteroatoms. The number of rotatable bonds is 4. The Morgan fingerprint density at radius 2 is 1.83 bits per heavy atom. The molecule has 1 N–H and O–H groups in total. The van der Waals surface area contributed by atoms with Gasteiger partial charge in [0.25, 0.3) is 0 Å². The topological polar surface area (TPSA) is 42.2 Å². The van der Waals surface area contributed by atoms with Crippen molar-refractivity contribution in [2.75, 3.05) is 18.5 Å². The quantitative estimate of drug-likeness (QED) is 0.621. The van der Waals surface area contributed by atoms with E-state index in [0.29, 0.717) is 12.3 Å². The summed E-state index contributed by atoms with van der Waals surface area (Å²) in [7, 11) is 0. The highest BCUT2D eigenvalue weighted by Gasteiger charge is 2.06. The molecule has 0 spiro atoms. The van der Waals surface area contributed by atoms with Crippen LogP contribution in [0, 0.1) is 0 Å². The van der Waals surface area contributed by atoms with E-state index in [4.69, 9.17) is 0 Å². The average Bonchev–Trinajstić information content (AvgIpc) is 2.98. The molecule has 0 aliphatic rings. The fourth-order valence-corrected chi connectivity index (χ4v) is 2.67. The Labute approximate surface area is 132 Å². The predicted molar refractivity (Wildman–Crippen MR) is 90.4 cm³/mol. The third-order valence-corrected chi connectivity index (χ3v) is 3.81. The van der Waals surface area contributed by atoms with Gasteiger partial charge in [-0.2, -0.15) is 0 Å². The van der Waals surface area contributed by atoms with E-state index in [1.165, 1.54) is 0 Å². The van der Waals surface area contributed by atoms with E-state index in [-0.39, 0.29) is 6.67 Å². The molecule has 4 nitrogen and oxygen atoms in total. The summed E-state index contributed by atoms with van der Waals surface area (Å²) in [5.74, 6) is 0.691. The molecule has 2 heterocycles. The molecule has 0 aliphatic carbocycles. The smallest absolute Gasteiger partial charge is 0.234 e. The van der Waals surface area contributed by atoms with Crippen LogP contribution in [0.1, 0.15) is 0 Å². The molecule has 0 atom stereocenters. The van der Waals surface area contributed by atoms with E-state index in [9.17, 15) is 4.39 Å². The van der Waals surface area contributed by atoms with Gasteiger partial charge in [0.15, 0.2) is 0 Å². The van der Waals surface area contributed by atoms with Gasteiger partial charge in [0.2, 0.25) is 5.78 Å². The van der Waals surface area contributed by atoms with Gasteiger partial charge < -0.3 is 5.32 Å². The lowest BCUT2D eigenvalue weighted by Gasteiger charge is -2.06. The monoisotopic (exact) mass is 306 g/mol. The first-order valence-corrected chi connectivity index (χ1v) is 7.48. The van der Waals surface area contributed by atoms with E-state index in [2.05, 4.69) is 15.3 Å². The van der Waals surface area contributed by atoms with Crippen LogP contribution >= 0.6 is 0 Å². The van der Waals surface area contributed by atoms with Gasteiger partial charge in [-0.3, -0.25) is 4.40 Å². The number of halogens is 1. The zero-order chi connectivity index (χ0) is 15.6. The number of anilines is 1. The van der Waals surface area contributed by atoms with Crippen molar-refractivity contribution >= 4 is 22.5 Å². The minimum Gasteiger partial charge on any atom is -0.382 e. The number of fused-ring (bicyclic) bond motifs is 3. The maximum absolute atomic E-state index is 12.2.